The average Bonchev–Trinajstić information content (AvgIpc) is 2.84. The van der Waals surface area contributed by atoms with Gasteiger partial charge in [-0.05, 0) is 24.5 Å². The van der Waals surface area contributed by atoms with Gasteiger partial charge in [-0.1, -0.05) is 25.1 Å². The molecule has 3 rings (SSSR count). The van der Waals surface area contributed by atoms with Gasteiger partial charge in [0.05, 0.1) is 5.52 Å². The van der Waals surface area contributed by atoms with E-state index in [4.69, 9.17) is 9.57 Å². The Kier molecular flexibility index (Phi) is 4.12. The Balaban J connectivity index is 2.28. The summed E-state index contributed by atoms with van der Waals surface area (Å²) in [7, 11) is 0. The molecule has 2 aromatic rings. The van der Waals surface area contributed by atoms with E-state index < -0.39 is 29.4 Å². The molecule has 1 heterocycles. The molecule has 0 aliphatic heterocycles. The standard InChI is InChI=1S/C18H19NO6/c1-4-12-9-14-13-7-5-6-8-15(13)19(25-11(3)21)16(14)17(22)18(12,23)24-10(2)20/h5-8,12,23H,4,9H2,1-3H3. The summed E-state index contributed by atoms with van der Waals surface area (Å²) in [5.74, 6) is -5.01. The van der Waals surface area contributed by atoms with E-state index in [1.54, 1.807) is 12.1 Å². The van der Waals surface area contributed by atoms with Gasteiger partial charge in [0.25, 0.3) is 11.6 Å². The molecule has 25 heavy (non-hydrogen) atoms. The van der Waals surface area contributed by atoms with E-state index in [9.17, 15) is 19.5 Å². The van der Waals surface area contributed by atoms with Crippen molar-refractivity contribution in [2.75, 3.05) is 0 Å². The number of ether oxygens (including phenoxy) is 1. The lowest BCUT2D eigenvalue weighted by Crippen LogP contribution is -2.53. The minimum absolute atomic E-state index is 0.0323. The highest BCUT2D eigenvalue weighted by molar-refractivity contribution is 6.08. The summed E-state index contributed by atoms with van der Waals surface area (Å²) in [6.45, 7) is 4.17. The lowest BCUT2D eigenvalue weighted by molar-refractivity contribution is -0.206. The van der Waals surface area contributed by atoms with Crippen LogP contribution in [0.15, 0.2) is 24.3 Å². The number of ketones is 1. The lowest BCUT2D eigenvalue weighted by atomic mass is 9.79. The summed E-state index contributed by atoms with van der Waals surface area (Å²) < 4.78 is 6.14. The Morgan fingerprint density at radius 2 is 1.96 bits per heavy atom. The highest BCUT2D eigenvalue weighted by Crippen LogP contribution is 2.40. The van der Waals surface area contributed by atoms with Gasteiger partial charge in [-0.15, -0.1) is 0 Å². The second-order valence-electron chi connectivity index (χ2n) is 6.15. The predicted molar refractivity (Wildman–Crippen MR) is 87.7 cm³/mol. The van der Waals surface area contributed by atoms with Crippen LogP contribution in [0.5, 0.6) is 0 Å². The molecule has 2 unspecified atom stereocenters. The molecule has 0 radical (unpaired) electrons. The molecule has 1 aromatic heterocycles. The number of hydrogen-bond donors (Lipinski definition) is 1. The van der Waals surface area contributed by atoms with Crippen LogP contribution in [0.2, 0.25) is 0 Å². The van der Waals surface area contributed by atoms with E-state index >= 15 is 0 Å². The summed E-state index contributed by atoms with van der Waals surface area (Å²) in [5.41, 5.74) is 1.24. The SMILES string of the molecule is CCC1Cc2c(n(OC(C)=O)c3ccccc23)C(=O)C1(O)OC(C)=O. The van der Waals surface area contributed by atoms with E-state index in [-0.39, 0.29) is 5.69 Å². The van der Waals surface area contributed by atoms with Gasteiger partial charge in [0.15, 0.2) is 0 Å². The number of Topliss-reactive ketones (excluding diaryl/α,β-unsaturated/α-hetero) is 1. The van der Waals surface area contributed by atoms with Crippen molar-refractivity contribution in [1.29, 1.82) is 0 Å². The van der Waals surface area contributed by atoms with Crippen molar-refractivity contribution in [3.05, 3.63) is 35.5 Å². The van der Waals surface area contributed by atoms with Crippen LogP contribution in [-0.4, -0.2) is 33.3 Å². The smallest absolute Gasteiger partial charge is 0.329 e. The highest BCUT2D eigenvalue weighted by Gasteiger charge is 2.53. The summed E-state index contributed by atoms with van der Waals surface area (Å²) in [4.78, 5) is 41.2. The molecule has 0 fully saturated rings. The summed E-state index contributed by atoms with van der Waals surface area (Å²) in [6.07, 6.45) is 0.748. The van der Waals surface area contributed by atoms with Crippen molar-refractivity contribution in [3.8, 4) is 0 Å². The number of aliphatic hydroxyl groups is 1. The van der Waals surface area contributed by atoms with Crippen molar-refractivity contribution in [1.82, 2.24) is 4.73 Å². The zero-order valence-electron chi connectivity index (χ0n) is 14.2. The fourth-order valence-electron chi connectivity index (χ4n) is 3.45. The van der Waals surface area contributed by atoms with Gasteiger partial charge in [-0.25, -0.2) is 4.79 Å². The van der Waals surface area contributed by atoms with Crippen LogP contribution in [-0.2, 0) is 20.7 Å². The number of fused-ring (bicyclic) bond motifs is 3. The van der Waals surface area contributed by atoms with Crippen LogP contribution in [0.3, 0.4) is 0 Å². The van der Waals surface area contributed by atoms with Gasteiger partial charge in [0, 0.05) is 25.2 Å². The zero-order chi connectivity index (χ0) is 18.4. The van der Waals surface area contributed by atoms with Gasteiger partial charge in [-0.3, -0.25) is 9.59 Å². The quantitative estimate of drug-likeness (QED) is 0.671. The minimum Gasteiger partial charge on any atom is -0.425 e. The van der Waals surface area contributed by atoms with Gasteiger partial charge in [0.2, 0.25) is 0 Å². The average molecular weight is 345 g/mol. The first kappa shape index (κ1) is 17.2. The Bertz CT molecular complexity index is 883. The molecule has 2 atom stereocenters. The largest absolute Gasteiger partial charge is 0.425 e. The normalized spacial score (nSPS) is 22.6. The fraction of sp³-hybridized carbons (Fsp3) is 0.389. The van der Waals surface area contributed by atoms with Crippen LogP contribution in [0, 0.1) is 5.92 Å². The van der Waals surface area contributed by atoms with Crippen LogP contribution in [0.1, 0.15) is 43.2 Å². The third-order valence-electron chi connectivity index (χ3n) is 4.49. The molecule has 1 aliphatic carbocycles. The Morgan fingerprint density at radius 3 is 2.56 bits per heavy atom. The van der Waals surface area contributed by atoms with Crippen molar-refractivity contribution in [2.45, 2.75) is 39.4 Å². The molecule has 1 aliphatic rings. The number of carbonyl (C=O) groups excluding carboxylic acids is 3. The van der Waals surface area contributed by atoms with E-state index in [2.05, 4.69) is 0 Å². The monoisotopic (exact) mass is 345 g/mol. The Hall–Kier alpha value is -2.67. The molecule has 0 bridgehead atoms. The van der Waals surface area contributed by atoms with Crippen molar-refractivity contribution < 1.29 is 29.1 Å². The fourth-order valence-corrected chi connectivity index (χ4v) is 3.45. The maximum absolute atomic E-state index is 13.1. The molecule has 132 valence electrons. The minimum atomic E-state index is -2.28. The number of aromatic nitrogens is 1. The third-order valence-corrected chi connectivity index (χ3v) is 4.49. The first-order chi connectivity index (χ1) is 11.8. The molecule has 0 spiro atoms. The van der Waals surface area contributed by atoms with Gasteiger partial charge < -0.3 is 14.7 Å². The molecule has 0 saturated heterocycles. The maximum atomic E-state index is 13.1. The van der Waals surface area contributed by atoms with Crippen LogP contribution >= 0.6 is 0 Å². The van der Waals surface area contributed by atoms with Crippen molar-refractivity contribution in [2.24, 2.45) is 5.92 Å². The molecule has 1 N–H and O–H groups in total. The second kappa shape index (κ2) is 6.00. The molecular formula is C18H19NO6. The van der Waals surface area contributed by atoms with Crippen molar-refractivity contribution in [3.63, 3.8) is 0 Å². The van der Waals surface area contributed by atoms with Gasteiger partial charge >= 0.3 is 11.9 Å². The number of esters is 1. The van der Waals surface area contributed by atoms with E-state index in [1.807, 2.05) is 19.1 Å². The van der Waals surface area contributed by atoms with Crippen LogP contribution < -0.4 is 4.84 Å². The highest BCUT2D eigenvalue weighted by atomic mass is 16.7. The molecule has 1 aromatic carbocycles. The van der Waals surface area contributed by atoms with Crippen LogP contribution in [0.4, 0.5) is 0 Å². The van der Waals surface area contributed by atoms with Crippen molar-refractivity contribution >= 4 is 28.6 Å². The predicted octanol–water partition coefficient (Wildman–Crippen LogP) is 1.63. The van der Waals surface area contributed by atoms with Gasteiger partial charge in [0.1, 0.15) is 5.69 Å². The topological polar surface area (TPSA) is 94.8 Å². The number of rotatable bonds is 3. The molecule has 0 saturated carbocycles. The van der Waals surface area contributed by atoms with Crippen LogP contribution in [0.25, 0.3) is 10.9 Å². The summed E-state index contributed by atoms with van der Waals surface area (Å²) in [5, 5.41) is 11.6. The number of benzene rings is 1. The first-order valence-electron chi connectivity index (χ1n) is 8.07. The number of hydrogen-bond acceptors (Lipinski definition) is 6. The number of carbonyl (C=O) groups is 3. The molecule has 7 heteroatoms. The Morgan fingerprint density at radius 1 is 1.28 bits per heavy atom. The van der Waals surface area contributed by atoms with E-state index in [0.29, 0.717) is 23.9 Å². The number of nitrogens with zero attached hydrogens (tertiary/aromatic N) is 1. The second-order valence-corrected chi connectivity index (χ2v) is 6.15. The molecule has 7 nitrogen and oxygen atoms in total. The molecule has 0 amide bonds. The Labute approximate surface area is 144 Å². The lowest BCUT2D eigenvalue weighted by Gasteiger charge is -2.36. The van der Waals surface area contributed by atoms with E-state index in [0.717, 1.165) is 17.0 Å². The third kappa shape index (κ3) is 2.60. The number of para-hydroxylation sites is 1. The summed E-state index contributed by atoms with van der Waals surface area (Å²) >= 11 is 0. The van der Waals surface area contributed by atoms with E-state index in [1.165, 1.54) is 6.92 Å². The zero-order valence-corrected chi connectivity index (χ0v) is 14.2. The van der Waals surface area contributed by atoms with Gasteiger partial charge in [-0.2, -0.15) is 4.73 Å². The first-order valence-corrected chi connectivity index (χ1v) is 8.07. The molecular weight excluding hydrogens is 326 g/mol. The maximum Gasteiger partial charge on any atom is 0.329 e. The summed E-state index contributed by atoms with van der Waals surface area (Å²) in [6, 6.07) is 7.12.